The van der Waals surface area contributed by atoms with Gasteiger partial charge in [0.2, 0.25) is 0 Å². The molecule has 21 heavy (non-hydrogen) atoms. The third kappa shape index (κ3) is 4.66. The summed E-state index contributed by atoms with van der Waals surface area (Å²) in [6.45, 7) is 5.45. The molecule has 0 aliphatic rings. The number of benzene rings is 2. The van der Waals surface area contributed by atoms with Gasteiger partial charge in [0.15, 0.2) is 0 Å². The maximum Gasteiger partial charge on any atom is 0.123 e. The number of aliphatic hydroxyl groups is 1. The lowest BCUT2D eigenvalue weighted by Gasteiger charge is -2.29. The monoisotopic (exact) mass is 287 g/mol. The van der Waals surface area contributed by atoms with E-state index in [1.165, 1.54) is 12.1 Å². The average Bonchev–Trinajstić information content (AvgIpc) is 2.49. The van der Waals surface area contributed by atoms with Crippen LogP contribution in [0.3, 0.4) is 0 Å². The van der Waals surface area contributed by atoms with Crippen molar-refractivity contribution in [3.05, 3.63) is 71.5 Å². The van der Waals surface area contributed by atoms with Crippen LogP contribution < -0.4 is 0 Å². The van der Waals surface area contributed by atoms with Crippen LogP contribution in [0, 0.1) is 5.82 Å². The van der Waals surface area contributed by atoms with Gasteiger partial charge in [0.1, 0.15) is 5.82 Å². The molecule has 0 saturated carbocycles. The van der Waals surface area contributed by atoms with Crippen molar-refractivity contribution in [2.75, 3.05) is 6.54 Å². The number of hydrogen-bond acceptors (Lipinski definition) is 2. The second kappa shape index (κ2) is 7.34. The van der Waals surface area contributed by atoms with Crippen LogP contribution in [0.25, 0.3) is 0 Å². The van der Waals surface area contributed by atoms with Crippen LogP contribution in [0.2, 0.25) is 0 Å². The molecule has 1 N–H and O–H groups in total. The molecule has 112 valence electrons. The van der Waals surface area contributed by atoms with Crippen LogP contribution in [0.1, 0.15) is 31.1 Å². The van der Waals surface area contributed by atoms with Gasteiger partial charge in [0, 0.05) is 19.1 Å². The van der Waals surface area contributed by atoms with Crippen LogP contribution in [0.4, 0.5) is 4.39 Å². The molecule has 0 unspecified atom stereocenters. The van der Waals surface area contributed by atoms with Gasteiger partial charge < -0.3 is 5.11 Å². The summed E-state index contributed by atoms with van der Waals surface area (Å²) in [6.07, 6.45) is -0.519. The molecule has 0 aliphatic heterocycles. The summed E-state index contributed by atoms with van der Waals surface area (Å²) in [6, 6.07) is 16.5. The molecule has 1 atom stereocenters. The Morgan fingerprint density at radius 3 is 2.19 bits per heavy atom. The molecule has 2 rings (SSSR count). The lowest BCUT2D eigenvalue weighted by molar-refractivity contribution is 0.0908. The van der Waals surface area contributed by atoms with Crippen molar-refractivity contribution in [1.29, 1.82) is 0 Å². The van der Waals surface area contributed by atoms with E-state index < -0.39 is 6.10 Å². The standard InChI is InChI=1S/C18H22FNO/c1-14(2)20(12-15-8-10-17(19)11-9-15)13-18(21)16-6-4-3-5-7-16/h3-11,14,18,21H,12-13H2,1-2H3/t18-/m1/s1. The minimum absolute atomic E-state index is 0.223. The highest BCUT2D eigenvalue weighted by Gasteiger charge is 2.16. The molecular formula is C18H22FNO. The Labute approximate surface area is 125 Å². The first kappa shape index (κ1) is 15.7. The maximum absolute atomic E-state index is 13.0. The summed E-state index contributed by atoms with van der Waals surface area (Å²) in [7, 11) is 0. The molecule has 0 amide bonds. The molecule has 0 bridgehead atoms. The number of nitrogens with zero attached hydrogens (tertiary/aromatic N) is 1. The first-order valence-corrected chi connectivity index (χ1v) is 7.28. The lowest BCUT2D eigenvalue weighted by Crippen LogP contribution is -2.34. The van der Waals surface area contributed by atoms with Gasteiger partial charge in [-0.3, -0.25) is 4.90 Å². The highest BCUT2D eigenvalue weighted by molar-refractivity contribution is 5.18. The van der Waals surface area contributed by atoms with Crippen molar-refractivity contribution in [3.8, 4) is 0 Å². The number of aliphatic hydroxyl groups excluding tert-OH is 1. The highest BCUT2D eigenvalue weighted by atomic mass is 19.1. The molecule has 2 aromatic rings. The summed E-state index contributed by atoms with van der Waals surface area (Å²) >= 11 is 0. The maximum atomic E-state index is 13.0. The molecular weight excluding hydrogens is 265 g/mol. The van der Waals surface area contributed by atoms with E-state index in [0.717, 1.165) is 11.1 Å². The van der Waals surface area contributed by atoms with Crippen LogP contribution in [-0.2, 0) is 6.54 Å². The second-order valence-corrected chi connectivity index (χ2v) is 5.58. The Bertz CT molecular complexity index is 539. The third-order valence-electron chi connectivity index (χ3n) is 3.62. The van der Waals surface area contributed by atoms with Crippen LogP contribution >= 0.6 is 0 Å². The number of halogens is 1. The minimum atomic E-state index is -0.519. The predicted molar refractivity (Wildman–Crippen MR) is 83.3 cm³/mol. The SMILES string of the molecule is CC(C)N(Cc1ccc(F)cc1)C[C@@H](O)c1ccccc1. The normalized spacial score (nSPS) is 12.9. The molecule has 0 fully saturated rings. The first-order valence-electron chi connectivity index (χ1n) is 7.28. The van der Waals surface area contributed by atoms with Gasteiger partial charge in [-0.25, -0.2) is 4.39 Å². The van der Waals surface area contributed by atoms with Gasteiger partial charge in [0.25, 0.3) is 0 Å². The molecule has 0 heterocycles. The van der Waals surface area contributed by atoms with Gasteiger partial charge in [-0.2, -0.15) is 0 Å². The summed E-state index contributed by atoms with van der Waals surface area (Å²) in [4.78, 5) is 2.19. The minimum Gasteiger partial charge on any atom is -0.387 e. The fourth-order valence-corrected chi connectivity index (χ4v) is 2.28. The van der Waals surface area contributed by atoms with Crippen molar-refractivity contribution in [2.45, 2.75) is 32.5 Å². The molecule has 3 heteroatoms. The van der Waals surface area contributed by atoms with Gasteiger partial charge in [-0.05, 0) is 37.1 Å². The van der Waals surface area contributed by atoms with Gasteiger partial charge >= 0.3 is 0 Å². The predicted octanol–water partition coefficient (Wildman–Crippen LogP) is 3.77. The van der Waals surface area contributed by atoms with Gasteiger partial charge in [-0.1, -0.05) is 42.5 Å². The van der Waals surface area contributed by atoms with E-state index in [2.05, 4.69) is 18.7 Å². The molecule has 0 radical (unpaired) electrons. The Morgan fingerprint density at radius 1 is 1.00 bits per heavy atom. The van der Waals surface area contributed by atoms with E-state index in [1.54, 1.807) is 12.1 Å². The van der Waals surface area contributed by atoms with Gasteiger partial charge in [0.05, 0.1) is 6.10 Å². The molecule has 0 saturated heterocycles. The fraction of sp³-hybridized carbons (Fsp3) is 0.333. The van der Waals surface area contributed by atoms with Gasteiger partial charge in [-0.15, -0.1) is 0 Å². The molecule has 0 aromatic heterocycles. The molecule has 2 aromatic carbocycles. The van der Waals surface area contributed by atoms with E-state index in [1.807, 2.05) is 30.3 Å². The number of rotatable bonds is 6. The zero-order valence-corrected chi connectivity index (χ0v) is 12.5. The smallest absolute Gasteiger partial charge is 0.123 e. The Balaban J connectivity index is 2.04. The summed E-state index contributed by atoms with van der Waals surface area (Å²) < 4.78 is 13.0. The highest BCUT2D eigenvalue weighted by Crippen LogP contribution is 2.17. The van der Waals surface area contributed by atoms with E-state index >= 15 is 0 Å². The fourth-order valence-electron chi connectivity index (χ4n) is 2.28. The largest absolute Gasteiger partial charge is 0.387 e. The van der Waals surface area contributed by atoms with E-state index in [0.29, 0.717) is 19.1 Å². The zero-order chi connectivity index (χ0) is 15.2. The number of hydrogen-bond donors (Lipinski definition) is 1. The summed E-state index contributed by atoms with van der Waals surface area (Å²) in [5.41, 5.74) is 1.97. The van der Waals surface area contributed by atoms with Crippen molar-refractivity contribution < 1.29 is 9.50 Å². The van der Waals surface area contributed by atoms with Crippen LogP contribution in [-0.4, -0.2) is 22.6 Å². The Morgan fingerprint density at radius 2 is 1.62 bits per heavy atom. The molecule has 0 spiro atoms. The molecule has 0 aliphatic carbocycles. The summed E-state index contributed by atoms with van der Waals surface area (Å²) in [5.74, 6) is -0.223. The van der Waals surface area contributed by atoms with E-state index in [-0.39, 0.29) is 5.82 Å². The summed E-state index contributed by atoms with van der Waals surface area (Å²) in [5, 5.41) is 10.4. The second-order valence-electron chi connectivity index (χ2n) is 5.58. The lowest BCUT2D eigenvalue weighted by atomic mass is 10.1. The van der Waals surface area contributed by atoms with Crippen molar-refractivity contribution in [1.82, 2.24) is 4.90 Å². The topological polar surface area (TPSA) is 23.5 Å². The quantitative estimate of drug-likeness (QED) is 0.874. The van der Waals surface area contributed by atoms with E-state index in [4.69, 9.17) is 0 Å². The van der Waals surface area contributed by atoms with Crippen LogP contribution in [0.15, 0.2) is 54.6 Å². The third-order valence-corrected chi connectivity index (χ3v) is 3.62. The van der Waals surface area contributed by atoms with Crippen molar-refractivity contribution in [2.24, 2.45) is 0 Å². The van der Waals surface area contributed by atoms with Crippen molar-refractivity contribution in [3.63, 3.8) is 0 Å². The molecule has 2 nitrogen and oxygen atoms in total. The zero-order valence-electron chi connectivity index (χ0n) is 12.5. The Hall–Kier alpha value is -1.71. The first-order chi connectivity index (χ1) is 10.1. The Kier molecular flexibility index (Phi) is 5.48. The van der Waals surface area contributed by atoms with Crippen molar-refractivity contribution >= 4 is 0 Å². The van der Waals surface area contributed by atoms with E-state index in [9.17, 15) is 9.50 Å². The van der Waals surface area contributed by atoms with Crippen LogP contribution in [0.5, 0.6) is 0 Å². The average molecular weight is 287 g/mol.